The standard InChI is InChI=1S/C23H24N4O/c1-17-9-8-14-27(16-17)23(28)20-15-21(24-19-12-6-3-7-13-19)26-22(25-20)18-10-4-2-5-11-18/h2-7,10-13,15,17H,8-9,14,16H2,1H3,(H,24,25,26). The Kier molecular flexibility index (Phi) is 5.33. The number of nitrogens with one attached hydrogen (secondary N) is 1. The second kappa shape index (κ2) is 8.21. The molecule has 2 heterocycles. The molecule has 5 heteroatoms. The van der Waals surface area contributed by atoms with Crippen LogP contribution in [0.2, 0.25) is 0 Å². The summed E-state index contributed by atoms with van der Waals surface area (Å²) in [5, 5.41) is 3.30. The summed E-state index contributed by atoms with van der Waals surface area (Å²) in [6, 6.07) is 21.3. The number of piperidine rings is 1. The third kappa shape index (κ3) is 4.19. The van der Waals surface area contributed by atoms with Crippen LogP contribution in [0.15, 0.2) is 66.7 Å². The van der Waals surface area contributed by atoms with Gasteiger partial charge in [0.25, 0.3) is 5.91 Å². The molecule has 1 unspecified atom stereocenters. The molecule has 0 radical (unpaired) electrons. The lowest BCUT2D eigenvalue weighted by atomic mass is 10.00. The molecule has 0 spiro atoms. The number of benzene rings is 2. The first-order valence-corrected chi connectivity index (χ1v) is 9.75. The van der Waals surface area contributed by atoms with Crippen LogP contribution in [0.5, 0.6) is 0 Å². The second-order valence-electron chi connectivity index (χ2n) is 7.32. The Morgan fingerprint density at radius 3 is 2.46 bits per heavy atom. The molecule has 4 rings (SSSR count). The Hall–Kier alpha value is -3.21. The van der Waals surface area contributed by atoms with Gasteiger partial charge in [-0.3, -0.25) is 4.79 Å². The van der Waals surface area contributed by atoms with Crippen LogP contribution in [-0.4, -0.2) is 33.9 Å². The predicted octanol–water partition coefficient (Wildman–Crippen LogP) is 4.76. The molecule has 1 amide bonds. The van der Waals surface area contributed by atoms with E-state index in [-0.39, 0.29) is 5.91 Å². The number of likely N-dealkylation sites (tertiary alicyclic amines) is 1. The maximum Gasteiger partial charge on any atom is 0.272 e. The van der Waals surface area contributed by atoms with Crippen LogP contribution in [0.1, 0.15) is 30.3 Å². The molecule has 0 aliphatic carbocycles. The number of rotatable bonds is 4. The van der Waals surface area contributed by atoms with Crippen LogP contribution in [0.25, 0.3) is 11.4 Å². The van der Waals surface area contributed by atoms with Crippen molar-refractivity contribution < 1.29 is 4.79 Å². The highest BCUT2D eigenvalue weighted by molar-refractivity contribution is 5.93. The molecule has 5 nitrogen and oxygen atoms in total. The van der Waals surface area contributed by atoms with Crippen molar-refractivity contribution in [2.45, 2.75) is 19.8 Å². The van der Waals surface area contributed by atoms with Crippen LogP contribution in [0.3, 0.4) is 0 Å². The predicted molar refractivity (Wildman–Crippen MR) is 111 cm³/mol. The summed E-state index contributed by atoms with van der Waals surface area (Å²) >= 11 is 0. The van der Waals surface area contributed by atoms with Crippen LogP contribution in [0, 0.1) is 5.92 Å². The number of hydrogen-bond acceptors (Lipinski definition) is 4. The summed E-state index contributed by atoms with van der Waals surface area (Å²) < 4.78 is 0. The van der Waals surface area contributed by atoms with Crippen LogP contribution in [-0.2, 0) is 0 Å². The van der Waals surface area contributed by atoms with Crippen molar-refractivity contribution in [3.05, 3.63) is 72.4 Å². The number of para-hydroxylation sites is 1. The van der Waals surface area contributed by atoms with E-state index in [1.165, 1.54) is 6.42 Å². The zero-order chi connectivity index (χ0) is 19.3. The van der Waals surface area contributed by atoms with E-state index in [1.54, 1.807) is 6.07 Å². The van der Waals surface area contributed by atoms with E-state index in [0.29, 0.717) is 23.3 Å². The van der Waals surface area contributed by atoms with Gasteiger partial charge in [-0.1, -0.05) is 55.5 Å². The van der Waals surface area contributed by atoms with Gasteiger partial charge < -0.3 is 10.2 Å². The minimum Gasteiger partial charge on any atom is -0.340 e. The van der Waals surface area contributed by atoms with Crippen molar-refractivity contribution in [2.24, 2.45) is 5.92 Å². The summed E-state index contributed by atoms with van der Waals surface area (Å²) in [4.78, 5) is 24.3. The molecule has 1 N–H and O–H groups in total. The van der Waals surface area contributed by atoms with Gasteiger partial charge in [0.15, 0.2) is 5.82 Å². The lowest BCUT2D eigenvalue weighted by Gasteiger charge is -2.30. The van der Waals surface area contributed by atoms with Gasteiger partial charge in [0.2, 0.25) is 0 Å². The van der Waals surface area contributed by atoms with Gasteiger partial charge in [0.05, 0.1) is 0 Å². The van der Waals surface area contributed by atoms with E-state index in [4.69, 9.17) is 0 Å². The monoisotopic (exact) mass is 372 g/mol. The number of amides is 1. The van der Waals surface area contributed by atoms with Crippen molar-refractivity contribution in [2.75, 3.05) is 18.4 Å². The van der Waals surface area contributed by atoms with Crippen molar-refractivity contribution >= 4 is 17.4 Å². The maximum atomic E-state index is 13.1. The van der Waals surface area contributed by atoms with Crippen molar-refractivity contribution in [3.8, 4) is 11.4 Å². The summed E-state index contributed by atoms with van der Waals surface area (Å²) in [5.41, 5.74) is 2.24. The normalized spacial score (nSPS) is 16.6. The summed E-state index contributed by atoms with van der Waals surface area (Å²) in [6.45, 7) is 3.76. The highest BCUT2D eigenvalue weighted by Crippen LogP contribution is 2.23. The number of carbonyl (C=O) groups excluding carboxylic acids is 1. The van der Waals surface area contributed by atoms with Gasteiger partial charge >= 0.3 is 0 Å². The number of aromatic nitrogens is 2. The van der Waals surface area contributed by atoms with E-state index < -0.39 is 0 Å². The minimum absolute atomic E-state index is 0.0257. The molecule has 1 atom stereocenters. The van der Waals surface area contributed by atoms with E-state index in [1.807, 2.05) is 65.6 Å². The van der Waals surface area contributed by atoms with Gasteiger partial charge in [-0.05, 0) is 30.9 Å². The lowest BCUT2D eigenvalue weighted by Crippen LogP contribution is -2.39. The number of nitrogens with zero attached hydrogens (tertiary/aromatic N) is 3. The quantitative estimate of drug-likeness (QED) is 0.717. The van der Waals surface area contributed by atoms with Crippen LogP contribution < -0.4 is 5.32 Å². The SMILES string of the molecule is CC1CCCN(C(=O)c2cc(Nc3ccccc3)nc(-c3ccccc3)n2)C1. The molecule has 0 bridgehead atoms. The first-order valence-electron chi connectivity index (χ1n) is 9.75. The number of carbonyl (C=O) groups is 1. The molecule has 3 aromatic rings. The van der Waals surface area contributed by atoms with Gasteiger partial charge in [0.1, 0.15) is 11.5 Å². The van der Waals surface area contributed by atoms with Crippen molar-refractivity contribution in [1.82, 2.24) is 14.9 Å². The number of hydrogen-bond donors (Lipinski definition) is 1. The topological polar surface area (TPSA) is 58.1 Å². The molecule has 1 saturated heterocycles. The smallest absolute Gasteiger partial charge is 0.272 e. The fourth-order valence-corrected chi connectivity index (χ4v) is 3.54. The van der Waals surface area contributed by atoms with Crippen molar-refractivity contribution in [1.29, 1.82) is 0 Å². The van der Waals surface area contributed by atoms with E-state index in [9.17, 15) is 4.79 Å². The molecular weight excluding hydrogens is 348 g/mol. The average Bonchev–Trinajstić information content (AvgIpc) is 2.74. The first-order chi connectivity index (χ1) is 13.7. The van der Waals surface area contributed by atoms with Gasteiger partial charge in [-0.2, -0.15) is 0 Å². The van der Waals surface area contributed by atoms with Crippen LogP contribution >= 0.6 is 0 Å². The Bertz CT molecular complexity index is 943. The summed E-state index contributed by atoms with van der Waals surface area (Å²) in [7, 11) is 0. The molecular formula is C23H24N4O. The van der Waals surface area contributed by atoms with E-state index >= 15 is 0 Å². The van der Waals surface area contributed by atoms with Gasteiger partial charge in [-0.15, -0.1) is 0 Å². The Morgan fingerprint density at radius 1 is 1.04 bits per heavy atom. The molecule has 28 heavy (non-hydrogen) atoms. The van der Waals surface area contributed by atoms with Crippen molar-refractivity contribution in [3.63, 3.8) is 0 Å². The molecule has 1 aromatic heterocycles. The Balaban J connectivity index is 1.70. The first kappa shape index (κ1) is 18.2. The molecule has 1 fully saturated rings. The zero-order valence-corrected chi connectivity index (χ0v) is 16.0. The molecule has 1 aliphatic heterocycles. The highest BCUT2D eigenvalue weighted by Gasteiger charge is 2.24. The third-order valence-electron chi connectivity index (χ3n) is 4.97. The highest BCUT2D eigenvalue weighted by atomic mass is 16.2. The fourth-order valence-electron chi connectivity index (χ4n) is 3.54. The lowest BCUT2D eigenvalue weighted by molar-refractivity contribution is 0.0677. The van der Waals surface area contributed by atoms with Crippen LogP contribution in [0.4, 0.5) is 11.5 Å². The average molecular weight is 372 g/mol. The Labute approximate surface area is 165 Å². The maximum absolute atomic E-state index is 13.1. The van der Waals surface area contributed by atoms with Gasteiger partial charge in [0, 0.05) is 30.4 Å². The number of anilines is 2. The fraction of sp³-hybridized carbons (Fsp3) is 0.261. The zero-order valence-electron chi connectivity index (χ0n) is 16.0. The Morgan fingerprint density at radius 2 is 1.75 bits per heavy atom. The summed E-state index contributed by atoms with van der Waals surface area (Å²) in [6.07, 6.45) is 2.21. The molecule has 1 aliphatic rings. The second-order valence-corrected chi connectivity index (χ2v) is 7.32. The van der Waals surface area contributed by atoms with E-state index in [2.05, 4.69) is 22.2 Å². The molecule has 2 aromatic carbocycles. The largest absolute Gasteiger partial charge is 0.340 e. The summed E-state index contributed by atoms with van der Waals surface area (Å²) in [5.74, 6) is 1.67. The third-order valence-corrected chi connectivity index (χ3v) is 4.97. The minimum atomic E-state index is -0.0257. The molecule has 142 valence electrons. The van der Waals surface area contributed by atoms with E-state index in [0.717, 1.165) is 30.8 Å². The van der Waals surface area contributed by atoms with Gasteiger partial charge in [-0.25, -0.2) is 9.97 Å². The molecule has 0 saturated carbocycles.